The standard InChI is InChI=1S/C24H20N8O/c1-26-23-20(14-32(30-23)13-15-6-4-3-5-7-15)22-19(12-27-31(22)2)16-8-9-17-18(10-16)21(11-25)28-29-24(17)33/h3-10,12,14H,11,13,25H2,2H3,(H,29,33). The van der Waals surface area contributed by atoms with Crippen LogP contribution in [0.25, 0.3) is 38.0 Å². The molecule has 9 nitrogen and oxygen atoms in total. The second-order valence-electron chi connectivity index (χ2n) is 7.66. The van der Waals surface area contributed by atoms with Gasteiger partial charge in [0.05, 0.1) is 29.5 Å². The van der Waals surface area contributed by atoms with Gasteiger partial charge in [-0.1, -0.05) is 43.0 Å². The Labute approximate surface area is 188 Å². The maximum atomic E-state index is 12.2. The van der Waals surface area contributed by atoms with Crippen LogP contribution in [0.1, 0.15) is 11.3 Å². The molecule has 0 aliphatic heterocycles. The molecule has 9 heteroatoms. The van der Waals surface area contributed by atoms with Crippen LogP contribution >= 0.6 is 0 Å². The second-order valence-corrected chi connectivity index (χ2v) is 7.66. The molecular weight excluding hydrogens is 416 g/mol. The van der Waals surface area contributed by atoms with Crippen LogP contribution in [0, 0.1) is 6.57 Å². The Balaban J connectivity index is 1.64. The highest BCUT2D eigenvalue weighted by molar-refractivity contribution is 5.92. The Kier molecular flexibility index (Phi) is 5.05. The summed E-state index contributed by atoms with van der Waals surface area (Å²) in [7, 11) is 1.83. The highest BCUT2D eigenvalue weighted by Crippen LogP contribution is 2.37. The van der Waals surface area contributed by atoms with E-state index in [0.29, 0.717) is 34.4 Å². The molecule has 162 valence electrons. The van der Waals surface area contributed by atoms with Gasteiger partial charge >= 0.3 is 5.82 Å². The van der Waals surface area contributed by atoms with E-state index in [2.05, 4.69) is 25.2 Å². The molecule has 3 aromatic heterocycles. The van der Waals surface area contributed by atoms with Crippen molar-refractivity contribution in [1.82, 2.24) is 29.8 Å². The molecule has 3 N–H and O–H groups in total. The normalized spacial score (nSPS) is 11.1. The number of benzene rings is 2. The third-order valence-corrected chi connectivity index (χ3v) is 5.60. The van der Waals surface area contributed by atoms with Crippen molar-refractivity contribution in [2.24, 2.45) is 12.8 Å². The van der Waals surface area contributed by atoms with Crippen molar-refractivity contribution in [3.05, 3.63) is 94.0 Å². The molecule has 0 bridgehead atoms. The number of nitrogens with zero attached hydrogens (tertiary/aromatic N) is 6. The molecule has 0 spiro atoms. The van der Waals surface area contributed by atoms with Crippen LogP contribution in [-0.2, 0) is 20.1 Å². The first-order chi connectivity index (χ1) is 16.1. The summed E-state index contributed by atoms with van der Waals surface area (Å²) in [6, 6.07) is 15.5. The number of aromatic amines is 1. The number of hydrogen-bond acceptors (Lipinski definition) is 5. The second kappa shape index (κ2) is 8.18. The largest absolute Gasteiger partial charge is 0.358 e. The summed E-state index contributed by atoms with van der Waals surface area (Å²) in [4.78, 5) is 15.9. The van der Waals surface area contributed by atoms with Crippen LogP contribution in [0.15, 0.2) is 65.7 Å². The summed E-state index contributed by atoms with van der Waals surface area (Å²) in [6.07, 6.45) is 3.63. The molecule has 0 unspecified atom stereocenters. The predicted octanol–water partition coefficient (Wildman–Crippen LogP) is 3.24. The molecule has 0 aliphatic carbocycles. The molecule has 5 aromatic rings. The van der Waals surface area contributed by atoms with Gasteiger partial charge in [0.25, 0.3) is 5.56 Å². The Morgan fingerprint density at radius 2 is 1.94 bits per heavy atom. The lowest BCUT2D eigenvalue weighted by Crippen LogP contribution is -2.13. The van der Waals surface area contributed by atoms with Crippen molar-refractivity contribution in [2.45, 2.75) is 13.1 Å². The molecule has 0 saturated heterocycles. The first kappa shape index (κ1) is 20.4. The number of nitrogens with one attached hydrogen (secondary N) is 1. The Morgan fingerprint density at radius 3 is 2.70 bits per heavy atom. The first-order valence-electron chi connectivity index (χ1n) is 10.3. The average molecular weight is 436 g/mol. The van der Waals surface area contributed by atoms with Crippen LogP contribution in [0.2, 0.25) is 0 Å². The van der Waals surface area contributed by atoms with Gasteiger partial charge in [-0.25, -0.2) is 5.10 Å². The monoisotopic (exact) mass is 436 g/mol. The van der Waals surface area contributed by atoms with Crippen molar-refractivity contribution in [3.63, 3.8) is 0 Å². The molecule has 33 heavy (non-hydrogen) atoms. The van der Waals surface area contributed by atoms with Crippen molar-refractivity contribution in [3.8, 4) is 22.4 Å². The molecule has 0 amide bonds. The highest BCUT2D eigenvalue weighted by Gasteiger charge is 2.21. The van der Waals surface area contributed by atoms with Crippen molar-refractivity contribution < 1.29 is 0 Å². The number of fused-ring (bicyclic) bond motifs is 1. The lowest BCUT2D eigenvalue weighted by atomic mass is 9.99. The average Bonchev–Trinajstić information content (AvgIpc) is 3.42. The van der Waals surface area contributed by atoms with Crippen LogP contribution in [0.5, 0.6) is 0 Å². The fraction of sp³-hybridized carbons (Fsp3) is 0.125. The molecule has 0 radical (unpaired) electrons. The molecule has 2 aromatic carbocycles. The first-order valence-corrected chi connectivity index (χ1v) is 10.3. The van der Waals surface area contributed by atoms with Gasteiger partial charge in [-0.05, 0) is 28.4 Å². The number of H-pyrrole nitrogens is 1. The lowest BCUT2D eigenvalue weighted by molar-refractivity contribution is 0.691. The smallest absolute Gasteiger partial charge is 0.304 e. The van der Waals surface area contributed by atoms with Gasteiger partial charge in [0, 0.05) is 36.3 Å². The van der Waals surface area contributed by atoms with E-state index in [0.717, 1.165) is 22.4 Å². The van der Waals surface area contributed by atoms with Gasteiger partial charge in [-0.2, -0.15) is 14.9 Å². The molecule has 5 rings (SSSR count). The Bertz CT molecular complexity index is 1570. The van der Waals surface area contributed by atoms with Crippen molar-refractivity contribution in [2.75, 3.05) is 0 Å². The van der Waals surface area contributed by atoms with E-state index in [1.807, 2.05) is 55.7 Å². The number of hydrogen-bond donors (Lipinski definition) is 2. The topological polar surface area (TPSA) is 112 Å². The van der Waals surface area contributed by atoms with Gasteiger partial charge < -0.3 is 10.6 Å². The number of aromatic nitrogens is 6. The maximum absolute atomic E-state index is 12.2. The van der Waals surface area contributed by atoms with Gasteiger partial charge in [0.15, 0.2) is 0 Å². The number of nitrogens with two attached hydrogens (primary N) is 1. The fourth-order valence-electron chi connectivity index (χ4n) is 4.02. The van der Waals surface area contributed by atoms with Crippen LogP contribution in [0.4, 0.5) is 5.82 Å². The van der Waals surface area contributed by atoms with E-state index in [4.69, 9.17) is 12.3 Å². The summed E-state index contributed by atoms with van der Waals surface area (Å²) in [5.41, 5.74) is 10.4. The van der Waals surface area contributed by atoms with Gasteiger partial charge in [0.1, 0.15) is 0 Å². The zero-order valence-electron chi connectivity index (χ0n) is 17.9. The Hall–Kier alpha value is -4.55. The minimum Gasteiger partial charge on any atom is -0.358 e. The van der Waals surface area contributed by atoms with E-state index < -0.39 is 0 Å². The summed E-state index contributed by atoms with van der Waals surface area (Å²) in [5, 5.41) is 16.7. The SMILES string of the molecule is [C-]#[N+]c1nn(Cc2ccccc2)cc1-c1c(-c2ccc3c(=O)[nH]nc(CN)c3c2)cnn1C. The molecule has 0 saturated carbocycles. The minimum absolute atomic E-state index is 0.199. The Morgan fingerprint density at radius 1 is 1.12 bits per heavy atom. The van der Waals surface area contributed by atoms with Gasteiger partial charge in [-0.3, -0.25) is 9.48 Å². The maximum Gasteiger partial charge on any atom is 0.304 e. The summed E-state index contributed by atoms with van der Waals surface area (Å²) >= 11 is 0. The summed E-state index contributed by atoms with van der Waals surface area (Å²) in [6.45, 7) is 8.42. The number of aryl methyl sites for hydroxylation is 1. The summed E-state index contributed by atoms with van der Waals surface area (Å²) < 4.78 is 3.50. The highest BCUT2D eigenvalue weighted by atomic mass is 16.1. The van der Waals surface area contributed by atoms with Crippen molar-refractivity contribution in [1.29, 1.82) is 0 Å². The van der Waals surface area contributed by atoms with E-state index >= 15 is 0 Å². The summed E-state index contributed by atoms with van der Waals surface area (Å²) in [5.74, 6) is 0.303. The van der Waals surface area contributed by atoms with Crippen LogP contribution in [-0.4, -0.2) is 29.8 Å². The van der Waals surface area contributed by atoms with Gasteiger partial charge in [-0.15, -0.1) is 0 Å². The number of rotatable bonds is 5. The molecule has 0 atom stereocenters. The molecule has 0 fully saturated rings. The van der Waals surface area contributed by atoms with Crippen LogP contribution in [0.3, 0.4) is 0 Å². The molecular formula is C24H20N8O. The zero-order chi connectivity index (χ0) is 22.9. The van der Waals surface area contributed by atoms with Crippen molar-refractivity contribution >= 4 is 16.6 Å². The van der Waals surface area contributed by atoms with E-state index in [1.165, 1.54) is 0 Å². The third kappa shape index (κ3) is 3.58. The fourth-order valence-corrected chi connectivity index (χ4v) is 4.02. The minimum atomic E-state index is -0.266. The van der Waals surface area contributed by atoms with Crippen LogP contribution < -0.4 is 11.3 Å². The predicted molar refractivity (Wildman–Crippen MR) is 125 cm³/mol. The lowest BCUT2D eigenvalue weighted by Gasteiger charge is -2.08. The molecule has 3 heterocycles. The third-order valence-electron chi connectivity index (χ3n) is 5.60. The zero-order valence-corrected chi connectivity index (χ0v) is 17.9. The quantitative estimate of drug-likeness (QED) is 0.411. The van der Waals surface area contributed by atoms with E-state index in [9.17, 15) is 4.79 Å². The van der Waals surface area contributed by atoms with E-state index in [1.54, 1.807) is 21.6 Å². The van der Waals surface area contributed by atoms with E-state index in [-0.39, 0.29) is 12.1 Å². The van der Waals surface area contributed by atoms with Gasteiger partial charge in [0.2, 0.25) is 0 Å². The molecule has 0 aliphatic rings.